The van der Waals surface area contributed by atoms with E-state index >= 15 is 0 Å². The van der Waals surface area contributed by atoms with Crippen molar-refractivity contribution in [2.24, 2.45) is 0 Å². The zero-order chi connectivity index (χ0) is 12.3. The zero-order valence-electron chi connectivity index (χ0n) is 9.17. The van der Waals surface area contributed by atoms with Crippen LogP contribution in [0.2, 0.25) is 5.22 Å². The van der Waals surface area contributed by atoms with E-state index in [1.807, 2.05) is 0 Å². The van der Waals surface area contributed by atoms with E-state index in [0.717, 1.165) is 12.8 Å². The average Bonchev–Trinajstić information content (AvgIpc) is 2.77. The fourth-order valence-corrected chi connectivity index (χ4v) is 2.72. The molecule has 1 aromatic rings. The monoisotopic (exact) mass is 321 g/mol. The third-order valence-corrected chi connectivity index (χ3v) is 4.31. The molecule has 2 heterocycles. The summed E-state index contributed by atoms with van der Waals surface area (Å²) >= 11 is 9.23. The molecule has 1 aliphatic heterocycles. The molecule has 0 aromatic carbocycles. The van der Waals surface area contributed by atoms with Gasteiger partial charge in [0.15, 0.2) is 0 Å². The maximum absolute atomic E-state index is 12.0. The van der Waals surface area contributed by atoms with Gasteiger partial charge in [-0.3, -0.25) is 4.79 Å². The second-order valence-corrected chi connectivity index (χ2v) is 4.99. The van der Waals surface area contributed by atoms with Gasteiger partial charge in [-0.15, -0.1) is 0 Å². The van der Waals surface area contributed by atoms with E-state index in [1.54, 1.807) is 6.07 Å². The Bertz CT molecular complexity index is 401. The van der Waals surface area contributed by atoms with Crippen LogP contribution >= 0.6 is 27.5 Å². The van der Waals surface area contributed by atoms with Crippen LogP contribution in [0.1, 0.15) is 23.2 Å². The van der Waals surface area contributed by atoms with Crippen LogP contribution < -0.4 is 5.32 Å². The summed E-state index contributed by atoms with van der Waals surface area (Å²) in [6.07, 6.45) is 2.99. The smallest absolute Gasteiger partial charge is 0.256 e. The second kappa shape index (κ2) is 5.42. The predicted octanol–water partition coefficient (Wildman–Crippen LogP) is 2.61. The summed E-state index contributed by atoms with van der Waals surface area (Å²) in [5.74, 6) is -0.204. The summed E-state index contributed by atoms with van der Waals surface area (Å²) < 4.78 is 10.2. The lowest BCUT2D eigenvalue weighted by Crippen LogP contribution is -2.53. The fourth-order valence-electron chi connectivity index (χ4n) is 1.82. The highest BCUT2D eigenvalue weighted by atomic mass is 79.9. The summed E-state index contributed by atoms with van der Waals surface area (Å²) in [6, 6.07) is 1.57. The van der Waals surface area contributed by atoms with Crippen LogP contribution in [0.15, 0.2) is 16.7 Å². The van der Waals surface area contributed by atoms with Gasteiger partial charge in [-0.25, -0.2) is 0 Å². The Hall–Kier alpha value is -0.520. The van der Waals surface area contributed by atoms with Crippen molar-refractivity contribution < 1.29 is 13.9 Å². The van der Waals surface area contributed by atoms with E-state index < -0.39 is 0 Å². The Labute approximate surface area is 113 Å². The summed E-state index contributed by atoms with van der Waals surface area (Å²) in [7, 11) is 0. The number of halogens is 2. The number of carbonyl (C=O) groups excluding carboxylic acids is 1. The maximum atomic E-state index is 12.0. The first-order valence-electron chi connectivity index (χ1n) is 5.36. The number of furan rings is 1. The number of alkyl halides is 1. The van der Waals surface area contributed by atoms with Gasteiger partial charge in [0.2, 0.25) is 5.22 Å². The first kappa shape index (κ1) is 12.9. The SMILES string of the molecule is O=C(NC1(CBr)CCOCC1)c1ccoc1Cl. The highest BCUT2D eigenvalue weighted by Gasteiger charge is 2.34. The molecule has 0 bridgehead atoms. The lowest BCUT2D eigenvalue weighted by Gasteiger charge is -2.36. The van der Waals surface area contributed by atoms with Crippen LogP contribution in [0.25, 0.3) is 0 Å². The van der Waals surface area contributed by atoms with E-state index in [4.69, 9.17) is 20.8 Å². The van der Waals surface area contributed by atoms with Gasteiger partial charge in [0.25, 0.3) is 5.91 Å². The third kappa shape index (κ3) is 2.84. The number of hydrogen-bond acceptors (Lipinski definition) is 3. The molecule has 1 fully saturated rings. The van der Waals surface area contributed by atoms with E-state index in [-0.39, 0.29) is 16.7 Å². The largest absolute Gasteiger partial charge is 0.452 e. The lowest BCUT2D eigenvalue weighted by molar-refractivity contribution is 0.0442. The van der Waals surface area contributed by atoms with Crippen molar-refractivity contribution in [2.45, 2.75) is 18.4 Å². The Morgan fingerprint density at radius 1 is 1.53 bits per heavy atom. The van der Waals surface area contributed by atoms with Gasteiger partial charge in [-0.05, 0) is 30.5 Å². The second-order valence-electron chi connectivity index (χ2n) is 4.09. The van der Waals surface area contributed by atoms with Crippen LogP contribution in [0, 0.1) is 0 Å². The van der Waals surface area contributed by atoms with E-state index in [0.29, 0.717) is 24.1 Å². The van der Waals surface area contributed by atoms with Gasteiger partial charge in [-0.1, -0.05) is 15.9 Å². The molecule has 1 aliphatic rings. The first-order chi connectivity index (χ1) is 8.17. The Kier molecular flexibility index (Phi) is 4.12. The molecule has 1 N–H and O–H groups in total. The van der Waals surface area contributed by atoms with Crippen molar-refractivity contribution >= 4 is 33.4 Å². The highest BCUT2D eigenvalue weighted by Crippen LogP contribution is 2.25. The van der Waals surface area contributed by atoms with Crippen molar-refractivity contribution in [2.75, 3.05) is 18.5 Å². The summed E-state index contributed by atoms with van der Waals surface area (Å²) in [4.78, 5) is 12.0. The average molecular weight is 323 g/mol. The number of carbonyl (C=O) groups is 1. The molecule has 1 amide bonds. The van der Waals surface area contributed by atoms with Gasteiger partial charge in [0, 0.05) is 18.5 Å². The number of nitrogens with one attached hydrogen (secondary N) is 1. The lowest BCUT2D eigenvalue weighted by atomic mass is 9.92. The van der Waals surface area contributed by atoms with Gasteiger partial charge in [0.1, 0.15) is 0 Å². The molecule has 0 atom stereocenters. The molecule has 1 saturated heterocycles. The summed E-state index contributed by atoms with van der Waals surface area (Å²) in [5.41, 5.74) is 0.120. The van der Waals surface area contributed by atoms with Crippen molar-refractivity contribution in [3.8, 4) is 0 Å². The standard InChI is InChI=1S/C11H13BrClNO3/c12-7-11(2-5-16-6-3-11)14-10(15)8-1-4-17-9(8)13/h1,4H,2-3,5-7H2,(H,14,15). The van der Waals surface area contributed by atoms with Gasteiger partial charge in [-0.2, -0.15) is 0 Å². The van der Waals surface area contributed by atoms with Gasteiger partial charge in [0.05, 0.1) is 17.4 Å². The van der Waals surface area contributed by atoms with Crippen LogP contribution in [0.5, 0.6) is 0 Å². The molecule has 94 valence electrons. The van der Waals surface area contributed by atoms with Crippen LogP contribution in [-0.2, 0) is 4.74 Å². The molecule has 1 aromatic heterocycles. The molecule has 6 heteroatoms. The molecule has 4 nitrogen and oxygen atoms in total. The Balaban J connectivity index is 2.08. The zero-order valence-corrected chi connectivity index (χ0v) is 11.5. The maximum Gasteiger partial charge on any atom is 0.256 e. The number of ether oxygens (including phenoxy) is 1. The molecule has 0 radical (unpaired) electrons. The molecular weight excluding hydrogens is 309 g/mol. The molecule has 2 rings (SSSR count). The van der Waals surface area contributed by atoms with Crippen molar-refractivity contribution in [3.05, 3.63) is 23.1 Å². The summed E-state index contributed by atoms with van der Waals surface area (Å²) in [5, 5.41) is 3.84. The number of hydrogen-bond donors (Lipinski definition) is 1. The van der Waals surface area contributed by atoms with Crippen LogP contribution in [0.3, 0.4) is 0 Å². The molecule has 0 saturated carbocycles. The van der Waals surface area contributed by atoms with Crippen LogP contribution in [-0.4, -0.2) is 30.0 Å². The number of amides is 1. The van der Waals surface area contributed by atoms with Crippen LogP contribution in [0.4, 0.5) is 0 Å². The van der Waals surface area contributed by atoms with Crippen molar-refractivity contribution in [3.63, 3.8) is 0 Å². The number of rotatable bonds is 3. The molecule has 0 aliphatic carbocycles. The van der Waals surface area contributed by atoms with Gasteiger partial charge < -0.3 is 14.5 Å². The molecular formula is C11H13BrClNO3. The van der Waals surface area contributed by atoms with E-state index in [1.165, 1.54) is 6.26 Å². The van der Waals surface area contributed by atoms with E-state index in [9.17, 15) is 4.79 Å². The van der Waals surface area contributed by atoms with Crippen molar-refractivity contribution in [1.29, 1.82) is 0 Å². The minimum atomic E-state index is -0.254. The quantitative estimate of drug-likeness (QED) is 0.870. The van der Waals surface area contributed by atoms with Crippen molar-refractivity contribution in [1.82, 2.24) is 5.32 Å². The third-order valence-electron chi connectivity index (χ3n) is 2.95. The van der Waals surface area contributed by atoms with Gasteiger partial charge >= 0.3 is 0 Å². The van der Waals surface area contributed by atoms with E-state index in [2.05, 4.69) is 21.2 Å². The Morgan fingerprint density at radius 3 is 2.76 bits per heavy atom. The Morgan fingerprint density at radius 2 is 2.24 bits per heavy atom. The highest BCUT2D eigenvalue weighted by molar-refractivity contribution is 9.09. The summed E-state index contributed by atoms with van der Waals surface area (Å²) in [6.45, 7) is 1.32. The first-order valence-corrected chi connectivity index (χ1v) is 6.86. The molecule has 0 spiro atoms. The molecule has 0 unspecified atom stereocenters. The fraction of sp³-hybridized carbons (Fsp3) is 0.545. The minimum Gasteiger partial charge on any atom is -0.452 e. The topological polar surface area (TPSA) is 51.5 Å². The normalized spacial score (nSPS) is 18.9. The molecule has 17 heavy (non-hydrogen) atoms. The minimum absolute atomic E-state index is 0.124. The predicted molar refractivity (Wildman–Crippen MR) is 67.8 cm³/mol.